The molecule has 4 rings (SSSR count). The lowest BCUT2D eigenvalue weighted by molar-refractivity contribution is -0.148. The van der Waals surface area contributed by atoms with Gasteiger partial charge in [0.25, 0.3) is 11.8 Å². The van der Waals surface area contributed by atoms with E-state index in [4.69, 9.17) is 0 Å². The van der Waals surface area contributed by atoms with E-state index in [0.29, 0.717) is 11.1 Å². The van der Waals surface area contributed by atoms with Crippen LogP contribution in [0.25, 0.3) is 0 Å². The Hall–Kier alpha value is -2.64. The maximum absolute atomic E-state index is 12.5. The van der Waals surface area contributed by atoms with Gasteiger partial charge in [-0.25, -0.2) is 0 Å². The second-order valence-corrected chi connectivity index (χ2v) is 6.76. The van der Waals surface area contributed by atoms with Gasteiger partial charge in [0.05, 0.1) is 41.8 Å². The lowest BCUT2D eigenvalue weighted by Crippen LogP contribution is -2.54. The van der Waals surface area contributed by atoms with Crippen LogP contribution in [0.1, 0.15) is 32.3 Å². The highest BCUT2D eigenvalue weighted by atomic mass is 32.2. The number of imide groups is 1. The lowest BCUT2D eigenvalue weighted by Gasteiger charge is -2.45. The first-order valence-electron chi connectivity index (χ1n) is 7.78. The summed E-state index contributed by atoms with van der Waals surface area (Å²) in [6.07, 6.45) is 0. The number of benzene rings is 2. The average Bonchev–Trinajstić information content (AvgIpc) is 2.89. The summed E-state index contributed by atoms with van der Waals surface area (Å²) >= 11 is 0.804. The van der Waals surface area contributed by atoms with Crippen LogP contribution >= 0.6 is 12.1 Å². The molecule has 1 saturated heterocycles. The largest absolute Gasteiger partial charge is 0.395 e. The van der Waals surface area contributed by atoms with Crippen LogP contribution in [0.4, 0.5) is 0 Å². The minimum atomic E-state index is -0.565. The number of fused-ring (bicyclic) bond motifs is 1. The first kappa shape index (κ1) is 15.9. The average molecular weight is 354 g/mol. The van der Waals surface area contributed by atoms with Crippen LogP contribution in [0.15, 0.2) is 54.6 Å². The first-order chi connectivity index (χ1) is 12.1. The predicted molar refractivity (Wildman–Crippen MR) is 91.1 cm³/mol. The fourth-order valence-corrected chi connectivity index (χ4v) is 4.24. The molecule has 0 bridgehead atoms. The van der Waals surface area contributed by atoms with Crippen molar-refractivity contribution < 1.29 is 19.5 Å². The Balaban J connectivity index is 1.61. The Kier molecular flexibility index (Phi) is 3.82. The third-order valence-corrected chi connectivity index (χ3v) is 5.51. The smallest absolute Gasteiger partial charge is 0.273 e. The predicted octanol–water partition coefficient (Wildman–Crippen LogP) is 2.04. The molecule has 2 atom stereocenters. The number of aliphatic hydroxyl groups is 1. The molecule has 2 aliphatic heterocycles. The van der Waals surface area contributed by atoms with E-state index in [0.717, 1.165) is 22.0 Å². The number of β-lactam (4-membered cyclic amide) rings is 1. The molecule has 0 unspecified atom stereocenters. The monoisotopic (exact) mass is 354 g/mol. The van der Waals surface area contributed by atoms with Gasteiger partial charge in [0, 0.05) is 0 Å². The van der Waals surface area contributed by atoms with Gasteiger partial charge in [-0.05, 0) is 17.7 Å². The van der Waals surface area contributed by atoms with Gasteiger partial charge in [0.2, 0.25) is 5.91 Å². The van der Waals surface area contributed by atoms with Gasteiger partial charge in [-0.1, -0.05) is 42.5 Å². The van der Waals surface area contributed by atoms with Crippen LogP contribution in [0, 0.1) is 5.92 Å². The molecule has 0 aromatic heterocycles. The molecule has 2 aromatic carbocycles. The van der Waals surface area contributed by atoms with Crippen molar-refractivity contribution in [3.8, 4) is 0 Å². The zero-order valence-electron chi connectivity index (χ0n) is 13.0. The molecule has 0 radical (unpaired) electrons. The third-order valence-electron chi connectivity index (χ3n) is 4.43. The Morgan fingerprint density at radius 3 is 2.00 bits per heavy atom. The van der Waals surface area contributed by atoms with Crippen molar-refractivity contribution in [2.24, 2.45) is 5.92 Å². The molecule has 6 nitrogen and oxygen atoms in total. The molecule has 2 aromatic rings. The number of rotatable bonds is 4. The maximum atomic E-state index is 12.5. The number of amides is 3. The molecule has 1 N–H and O–H groups in total. The van der Waals surface area contributed by atoms with Crippen LogP contribution < -0.4 is 0 Å². The number of hydrogen-bond donors (Lipinski definition) is 1. The van der Waals surface area contributed by atoms with Gasteiger partial charge in [0.15, 0.2) is 0 Å². The number of carbonyl (C=O) groups is 3. The van der Waals surface area contributed by atoms with Gasteiger partial charge in [-0.3, -0.25) is 18.7 Å². The standard InChI is InChI=1S/C18H14N2O4S/c21-10-14-15(11-6-2-1-3-7-11)19(18(14)24)25-20-16(22)12-8-4-5-9-13(12)17(20)23/h1-9,14-15,21H,10H2/t14-,15+/m1/s1. The zero-order valence-corrected chi connectivity index (χ0v) is 13.8. The van der Waals surface area contributed by atoms with Gasteiger partial charge in [-0.15, -0.1) is 0 Å². The van der Waals surface area contributed by atoms with Gasteiger partial charge >= 0.3 is 0 Å². The summed E-state index contributed by atoms with van der Waals surface area (Å²) in [4.78, 5) is 37.3. The summed E-state index contributed by atoms with van der Waals surface area (Å²) in [7, 11) is 0. The summed E-state index contributed by atoms with van der Waals surface area (Å²) in [6, 6.07) is 15.5. The Morgan fingerprint density at radius 1 is 0.880 bits per heavy atom. The molecule has 126 valence electrons. The van der Waals surface area contributed by atoms with Gasteiger partial charge < -0.3 is 5.11 Å². The van der Waals surface area contributed by atoms with E-state index in [2.05, 4.69) is 0 Å². The number of nitrogens with zero attached hydrogens (tertiary/aromatic N) is 2. The van der Waals surface area contributed by atoms with Crippen molar-refractivity contribution in [2.75, 3.05) is 6.61 Å². The normalized spacial score (nSPS) is 22.2. The number of hydrogen-bond acceptors (Lipinski definition) is 5. The molecule has 7 heteroatoms. The van der Waals surface area contributed by atoms with Crippen LogP contribution in [-0.4, -0.2) is 38.0 Å². The van der Waals surface area contributed by atoms with Crippen molar-refractivity contribution in [2.45, 2.75) is 6.04 Å². The van der Waals surface area contributed by atoms with Gasteiger partial charge in [0.1, 0.15) is 0 Å². The highest BCUT2D eigenvalue weighted by molar-refractivity contribution is 7.96. The van der Waals surface area contributed by atoms with E-state index in [9.17, 15) is 19.5 Å². The molecule has 0 spiro atoms. The van der Waals surface area contributed by atoms with Crippen LogP contribution in [-0.2, 0) is 4.79 Å². The van der Waals surface area contributed by atoms with Crippen molar-refractivity contribution >= 4 is 29.9 Å². The van der Waals surface area contributed by atoms with Gasteiger partial charge in [-0.2, -0.15) is 4.31 Å². The summed E-state index contributed by atoms with van der Waals surface area (Å²) in [5, 5.41) is 9.51. The van der Waals surface area contributed by atoms with Crippen molar-refractivity contribution in [1.82, 2.24) is 8.61 Å². The Labute approximate surface area is 148 Å². The second-order valence-electron chi connectivity index (χ2n) is 5.84. The molecule has 3 amide bonds. The number of carbonyl (C=O) groups excluding carboxylic acids is 3. The van der Waals surface area contributed by atoms with Crippen molar-refractivity contribution in [1.29, 1.82) is 0 Å². The summed E-state index contributed by atoms with van der Waals surface area (Å²) in [5.74, 6) is -1.72. The molecular formula is C18H14N2O4S. The van der Waals surface area contributed by atoms with E-state index >= 15 is 0 Å². The SMILES string of the molecule is O=C1c2ccccc2C(=O)N1SN1C(=O)[C@H](CO)[C@@H]1c1ccccc1. The highest BCUT2D eigenvalue weighted by Crippen LogP contribution is 2.46. The summed E-state index contributed by atoms with van der Waals surface area (Å²) in [5.41, 5.74) is 1.52. The summed E-state index contributed by atoms with van der Waals surface area (Å²) in [6.45, 7) is -0.280. The van der Waals surface area contributed by atoms with E-state index < -0.39 is 17.7 Å². The van der Waals surface area contributed by atoms with E-state index in [1.54, 1.807) is 24.3 Å². The van der Waals surface area contributed by atoms with E-state index in [1.165, 1.54) is 4.31 Å². The van der Waals surface area contributed by atoms with Crippen LogP contribution in [0.5, 0.6) is 0 Å². The van der Waals surface area contributed by atoms with Crippen molar-refractivity contribution in [3.63, 3.8) is 0 Å². The molecular weight excluding hydrogens is 340 g/mol. The topological polar surface area (TPSA) is 77.9 Å². The maximum Gasteiger partial charge on any atom is 0.273 e. The first-order valence-corrected chi connectivity index (χ1v) is 8.51. The third kappa shape index (κ3) is 2.35. The Bertz CT molecular complexity index is 835. The van der Waals surface area contributed by atoms with E-state index in [1.807, 2.05) is 30.3 Å². The second kappa shape index (κ2) is 6.02. The molecule has 2 heterocycles. The molecule has 0 aliphatic carbocycles. The Morgan fingerprint density at radius 2 is 1.44 bits per heavy atom. The van der Waals surface area contributed by atoms with Crippen molar-refractivity contribution in [3.05, 3.63) is 71.3 Å². The van der Waals surface area contributed by atoms with Crippen LogP contribution in [0.3, 0.4) is 0 Å². The molecule has 0 saturated carbocycles. The van der Waals surface area contributed by atoms with Crippen LogP contribution in [0.2, 0.25) is 0 Å². The zero-order chi connectivity index (χ0) is 17.6. The molecule has 1 fully saturated rings. The summed E-state index contributed by atoms with van der Waals surface area (Å²) < 4.78 is 2.39. The highest BCUT2D eigenvalue weighted by Gasteiger charge is 2.51. The minimum absolute atomic E-state index is 0.280. The molecule has 2 aliphatic rings. The fraction of sp³-hybridized carbons (Fsp3) is 0.167. The lowest BCUT2D eigenvalue weighted by atomic mass is 9.86. The van der Waals surface area contributed by atoms with E-state index in [-0.39, 0.29) is 18.6 Å². The quantitative estimate of drug-likeness (QED) is 0.516. The number of aliphatic hydroxyl groups excluding tert-OH is 1. The fourth-order valence-electron chi connectivity index (χ4n) is 3.13. The molecule has 25 heavy (non-hydrogen) atoms. The minimum Gasteiger partial charge on any atom is -0.395 e.